The molecule has 0 unspecified atom stereocenters. The second-order valence-corrected chi connectivity index (χ2v) is 5.00. The number of rotatable bonds is 7. The van der Waals surface area contributed by atoms with Crippen LogP contribution in [0, 0.1) is 0 Å². The summed E-state index contributed by atoms with van der Waals surface area (Å²) in [5.74, 6) is 0.612. The van der Waals surface area contributed by atoms with Gasteiger partial charge < -0.3 is 20.3 Å². The van der Waals surface area contributed by atoms with E-state index in [0.29, 0.717) is 12.5 Å². The molecule has 2 N–H and O–H groups in total. The van der Waals surface area contributed by atoms with Crippen LogP contribution in [0.4, 0.5) is 0 Å². The van der Waals surface area contributed by atoms with Gasteiger partial charge in [0.1, 0.15) is 6.54 Å². The minimum Gasteiger partial charge on any atom is -0.379 e. The van der Waals surface area contributed by atoms with E-state index in [-0.39, 0.29) is 12.5 Å². The summed E-state index contributed by atoms with van der Waals surface area (Å²) >= 11 is 0. The number of guanidine groups is 1. The third kappa shape index (κ3) is 7.67. The van der Waals surface area contributed by atoms with Crippen LogP contribution < -0.4 is 10.6 Å². The van der Waals surface area contributed by atoms with Gasteiger partial charge in [-0.05, 0) is 0 Å². The van der Waals surface area contributed by atoms with Crippen molar-refractivity contribution in [2.75, 3.05) is 66.6 Å². The number of morpholine rings is 1. The molecule has 0 spiro atoms. The summed E-state index contributed by atoms with van der Waals surface area (Å²) in [4.78, 5) is 19.7. The van der Waals surface area contributed by atoms with E-state index >= 15 is 0 Å². The van der Waals surface area contributed by atoms with Crippen molar-refractivity contribution in [3.8, 4) is 0 Å². The first kappa shape index (κ1) is 17.5. The summed E-state index contributed by atoms with van der Waals surface area (Å²) in [5, 5.41) is 6.34. The molecule has 1 amide bonds. The zero-order valence-corrected chi connectivity index (χ0v) is 13.1. The molecule has 21 heavy (non-hydrogen) atoms. The highest BCUT2D eigenvalue weighted by Crippen LogP contribution is 1.94. The van der Waals surface area contributed by atoms with E-state index in [1.54, 1.807) is 20.2 Å². The Morgan fingerprint density at radius 2 is 2.10 bits per heavy atom. The molecule has 1 heterocycles. The number of likely N-dealkylation sites (N-methyl/N-ethyl adjacent to an activating group) is 1. The number of ether oxygens (including phenoxy) is 1. The molecule has 0 aromatic heterocycles. The van der Waals surface area contributed by atoms with Gasteiger partial charge in [0.25, 0.3) is 0 Å². The third-order valence-electron chi connectivity index (χ3n) is 3.11. The highest BCUT2D eigenvalue weighted by molar-refractivity contribution is 5.84. The Hall–Kier alpha value is -1.60. The van der Waals surface area contributed by atoms with E-state index in [1.807, 2.05) is 0 Å². The molecule has 0 aliphatic carbocycles. The van der Waals surface area contributed by atoms with Gasteiger partial charge in [-0.3, -0.25) is 9.69 Å². The number of nitrogens with one attached hydrogen (secondary N) is 2. The van der Waals surface area contributed by atoms with Crippen LogP contribution in [-0.2, 0) is 9.53 Å². The van der Waals surface area contributed by atoms with Crippen LogP contribution >= 0.6 is 0 Å². The van der Waals surface area contributed by atoms with E-state index in [0.717, 1.165) is 39.4 Å². The molecule has 1 aliphatic heterocycles. The van der Waals surface area contributed by atoms with Crippen molar-refractivity contribution < 1.29 is 9.53 Å². The van der Waals surface area contributed by atoms with Crippen LogP contribution in [-0.4, -0.2) is 88.2 Å². The number of aliphatic imine (C=N–C) groups is 1. The van der Waals surface area contributed by atoms with E-state index < -0.39 is 0 Å². The molecule has 1 aliphatic rings. The molecular weight excluding hydrogens is 270 g/mol. The maximum Gasteiger partial charge on any atom is 0.243 e. The van der Waals surface area contributed by atoms with E-state index in [9.17, 15) is 4.79 Å². The van der Waals surface area contributed by atoms with Crippen LogP contribution in [0.1, 0.15) is 0 Å². The number of nitrogens with zero attached hydrogens (tertiary/aromatic N) is 3. The van der Waals surface area contributed by atoms with Gasteiger partial charge in [-0.2, -0.15) is 0 Å². The van der Waals surface area contributed by atoms with Crippen molar-refractivity contribution in [1.82, 2.24) is 20.4 Å². The first-order valence-electron chi connectivity index (χ1n) is 7.27. The lowest BCUT2D eigenvalue weighted by Gasteiger charge is -2.26. The first-order chi connectivity index (χ1) is 10.1. The SMILES string of the molecule is C=CCNC(=NCC(=O)N(C)C)NCCN1CCOCC1. The topological polar surface area (TPSA) is 69.2 Å². The molecule has 120 valence electrons. The van der Waals surface area contributed by atoms with Gasteiger partial charge >= 0.3 is 0 Å². The normalized spacial score (nSPS) is 16.4. The molecule has 0 bridgehead atoms. The second-order valence-electron chi connectivity index (χ2n) is 5.00. The van der Waals surface area contributed by atoms with Gasteiger partial charge in [0.05, 0.1) is 13.2 Å². The Bertz CT molecular complexity index is 351. The molecule has 0 aromatic carbocycles. The molecule has 0 aromatic rings. The van der Waals surface area contributed by atoms with Crippen molar-refractivity contribution in [1.29, 1.82) is 0 Å². The Labute approximate surface area is 127 Å². The third-order valence-corrected chi connectivity index (χ3v) is 3.11. The van der Waals surface area contributed by atoms with Crippen molar-refractivity contribution in [3.05, 3.63) is 12.7 Å². The number of amides is 1. The number of carbonyl (C=O) groups is 1. The second kappa shape index (κ2) is 10.2. The Kier molecular flexibility index (Phi) is 8.45. The predicted octanol–water partition coefficient (Wildman–Crippen LogP) is -0.872. The summed E-state index contributed by atoms with van der Waals surface area (Å²) in [6.45, 7) is 9.65. The molecule has 0 saturated carbocycles. The van der Waals surface area contributed by atoms with Crippen LogP contribution in [0.15, 0.2) is 17.6 Å². The van der Waals surface area contributed by atoms with E-state index in [1.165, 1.54) is 4.90 Å². The summed E-state index contributed by atoms with van der Waals surface area (Å²) in [7, 11) is 3.45. The average Bonchev–Trinajstić information content (AvgIpc) is 2.50. The van der Waals surface area contributed by atoms with Crippen LogP contribution in [0.5, 0.6) is 0 Å². The minimum absolute atomic E-state index is 0.0251. The highest BCUT2D eigenvalue weighted by Gasteiger charge is 2.10. The molecule has 0 radical (unpaired) electrons. The molecular formula is C14H27N5O2. The summed E-state index contributed by atoms with van der Waals surface area (Å²) in [6, 6.07) is 0. The van der Waals surface area contributed by atoms with Gasteiger partial charge in [0, 0.05) is 46.8 Å². The highest BCUT2D eigenvalue weighted by atomic mass is 16.5. The predicted molar refractivity (Wildman–Crippen MR) is 84.5 cm³/mol. The quantitative estimate of drug-likeness (QED) is 0.363. The zero-order valence-electron chi connectivity index (χ0n) is 13.1. The largest absolute Gasteiger partial charge is 0.379 e. The number of carbonyl (C=O) groups excluding carboxylic acids is 1. The molecule has 1 rings (SSSR count). The number of hydrogen-bond acceptors (Lipinski definition) is 4. The van der Waals surface area contributed by atoms with E-state index in [4.69, 9.17) is 4.74 Å². The van der Waals surface area contributed by atoms with Crippen LogP contribution in [0.25, 0.3) is 0 Å². The van der Waals surface area contributed by atoms with Crippen molar-refractivity contribution >= 4 is 11.9 Å². The first-order valence-corrected chi connectivity index (χ1v) is 7.27. The van der Waals surface area contributed by atoms with Crippen LogP contribution in [0.3, 0.4) is 0 Å². The van der Waals surface area contributed by atoms with Gasteiger partial charge in [-0.15, -0.1) is 6.58 Å². The Morgan fingerprint density at radius 3 is 2.71 bits per heavy atom. The molecule has 0 atom stereocenters. The maximum atomic E-state index is 11.6. The van der Waals surface area contributed by atoms with Crippen molar-refractivity contribution in [2.24, 2.45) is 4.99 Å². The minimum atomic E-state index is -0.0251. The summed E-state index contributed by atoms with van der Waals surface area (Å²) in [5.41, 5.74) is 0. The molecule has 1 saturated heterocycles. The fraction of sp³-hybridized carbons (Fsp3) is 0.714. The smallest absolute Gasteiger partial charge is 0.243 e. The Balaban J connectivity index is 2.35. The Morgan fingerprint density at radius 1 is 1.38 bits per heavy atom. The van der Waals surface area contributed by atoms with Gasteiger partial charge in [0.15, 0.2) is 5.96 Å². The lowest BCUT2D eigenvalue weighted by Crippen LogP contribution is -2.44. The number of hydrogen-bond donors (Lipinski definition) is 2. The van der Waals surface area contributed by atoms with Crippen molar-refractivity contribution in [2.45, 2.75) is 0 Å². The molecule has 1 fully saturated rings. The fourth-order valence-electron chi connectivity index (χ4n) is 1.79. The van der Waals surface area contributed by atoms with E-state index in [2.05, 4.69) is 27.1 Å². The fourth-order valence-corrected chi connectivity index (χ4v) is 1.79. The van der Waals surface area contributed by atoms with Crippen molar-refractivity contribution in [3.63, 3.8) is 0 Å². The average molecular weight is 297 g/mol. The van der Waals surface area contributed by atoms with Gasteiger partial charge in [0.2, 0.25) is 5.91 Å². The summed E-state index contributed by atoms with van der Waals surface area (Å²) in [6.07, 6.45) is 1.76. The molecule has 7 heteroatoms. The van der Waals surface area contributed by atoms with Gasteiger partial charge in [-0.1, -0.05) is 6.08 Å². The van der Waals surface area contributed by atoms with Crippen LogP contribution in [0.2, 0.25) is 0 Å². The molecule has 7 nitrogen and oxygen atoms in total. The standard InChI is InChI=1S/C14H27N5O2/c1-4-5-15-14(17-12-13(20)18(2)3)16-6-7-19-8-10-21-11-9-19/h4H,1,5-12H2,2-3H3,(H2,15,16,17). The monoisotopic (exact) mass is 297 g/mol. The zero-order chi connectivity index (χ0) is 15.5. The lowest BCUT2D eigenvalue weighted by molar-refractivity contribution is -0.127. The lowest BCUT2D eigenvalue weighted by atomic mass is 10.4. The maximum absolute atomic E-state index is 11.6. The van der Waals surface area contributed by atoms with Gasteiger partial charge in [-0.25, -0.2) is 4.99 Å². The summed E-state index contributed by atoms with van der Waals surface area (Å²) < 4.78 is 5.32.